The first-order valence-corrected chi connectivity index (χ1v) is 5.44. The Morgan fingerprint density at radius 3 is 2.76 bits per heavy atom. The summed E-state index contributed by atoms with van der Waals surface area (Å²) >= 11 is 0. The number of hydrogen-bond donors (Lipinski definition) is 2. The maximum Gasteiger partial charge on any atom is 0.127 e. The fourth-order valence-corrected chi connectivity index (χ4v) is 1.47. The first-order chi connectivity index (χ1) is 8.28. The minimum atomic E-state index is 0.677. The molecule has 0 saturated heterocycles. The number of pyridine rings is 1. The second-order valence-electron chi connectivity index (χ2n) is 3.63. The van der Waals surface area contributed by atoms with E-state index < -0.39 is 0 Å². The van der Waals surface area contributed by atoms with E-state index in [-0.39, 0.29) is 0 Å². The molecule has 5 heteroatoms. The van der Waals surface area contributed by atoms with Crippen LogP contribution in [0.15, 0.2) is 30.6 Å². The lowest BCUT2D eigenvalue weighted by Gasteiger charge is -2.07. The van der Waals surface area contributed by atoms with Gasteiger partial charge in [0.2, 0.25) is 0 Å². The molecule has 0 aromatic carbocycles. The van der Waals surface area contributed by atoms with Crippen molar-refractivity contribution in [2.45, 2.75) is 13.5 Å². The number of anilines is 2. The van der Waals surface area contributed by atoms with Crippen LogP contribution in [0.1, 0.15) is 11.5 Å². The molecule has 0 bridgehead atoms. The van der Waals surface area contributed by atoms with Crippen LogP contribution < -0.4 is 10.6 Å². The molecule has 0 spiro atoms. The SMILES string of the molecule is CNc1cc(NCc2ccnc(C)n2)ccn1. The van der Waals surface area contributed by atoms with E-state index in [1.54, 1.807) is 12.4 Å². The number of aromatic nitrogens is 3. The van der Waals surface area contributed by atoms with E-state index in [1.807, 2.05) is 32.2 Å². The van der Waals surface area contributed by atoms with Gasteiger partial charge in [-0.2, -0.15) is 0 Å². The molecule has 2 aromatic rings. The van der Waals surface area contributed by atoms with Crippen molar-refractivity contribution in [2.24, 2.45) is 0 Å². The molecule has 0 amide bonds. The number of aryl methyl sites for hydroxylation is 1. The van der Waals surface area contributed by atoms with E-state index in [1.165, 1.54) is 0 Å². The van der Waals surface area contributed by atoms with Gasteiger partial charge >= 0.3 is 0 Å². The molecule has 17 heavy (non-hydrogen) atoms. The number of rotatable bonds is 4. The van der Waals surface area contributed by atoms with Gasteiger partial charge in [0.1, 0.15) is 11.6 Å². The molecular weight excluding hydrogens is 214 g/mol. The normalized spacial score (nSPS) is 10.0. The van der Waals surface area contributed by atoms with Crippen LogP contribution >= 0.6 is 0 Å². The highest BCUT2D eigenvalue weighted by Gasteiger charge is 1.97. The van der Waals surface area contributed by atoms with Gasteiger partial charge in [-0.25, -0.2) is 15.0 Å². The van der Waals surface area contributed by atoms with E-state index in [0.717, 1.165) is 23.0 Å². The van der Waals surface area contributed by atoms with E-state index in [2.05, 4.69) is 25.6 Å². The Labute approximate surface area is 100 Å². The van der Waals surface area contributed by atoms with Crippen molar-refractivity contribution >= 4 is 11.5 Å². The van der Waals surface area contributed by atoms with Crippen molar-refractivity contribution < 1.29 is 0 Å². The van der Waals surface area contributed by atoms with Gasteiger partial charge in [-0.3, -0.25) is 0 Å². The zero-order valence-corrected chi connectivity index (χ0v) is 9.94. The first-order valence-electron chi connectivity index (χ1n) is 5.44. The average molecular weight is 229 g/mol. The second kappa shape index (κ2) is 5.25. The van der Waals surface area contributed by atoms with Crippen LogP contribution in [0.4, 0.5) is 11.5 Å². The van der Waals surface area contributed by atoms with Gasteiger partial charge in [0.25, 0.3) is 0 Å². The Bertz CT molecular complexity index is 498. The molecule has 2 N–H and O–H groups in total. The summed E-state index contributed by atoms with van der Waals surface area (Å²) in [5, 5.41) is 6.29. The highest BCUT2D eigenvalue weighted by molar-refractivity contribution is 5.51. The Morgan fingerprint density at radius 2 is 2.00 bits per heavy atom. The fourth-order valence-electron chi connectivity index (χ4n) is 1.47. The van der Waals surface area contributed by atoms with Gasteiger partial charge in [-0.05, 0) is 19.1 Å². The van der Waals surface area contributed by atoms with Crippen molar-refractivity contribution in [3.63, 3.8) is 0 Å². The zero-order chi connectivity index (χ0) is 12.1. The van der Waals surface area contributed by atoms with Crippen molar-refractivity contribution in [1.29, 1.82) is 0 Å². The minimum Gasteiger partial charge on any atom is -0.379 e. The third-order valence-corrected chi connectivity index (χ3v) is 2.32. The van der Waals surface area contributed by atoms with Crippen LogP contribution in [0.3, 0.4) is 0 Å². The molecule has 0 aliphatic rings. The molecule has 2 rings (SSSR count). The smallest absolute Gasteiger partial charge is 0.127 e. The Kier molecular flexibility index (Phi) is 3.49. The van der Waals surface area contributed by atoms with Crippen LogP contribution in [0.5, 0.6) is 0 Å². The molecule has 88 valence electrons. The number of nitrogens with one attached hydrogen (secondary N) is 2. The molecule has 2 aromatic heterocycles. The summed E-state index contributed by atoms with van der Waals surface area (Å²) in [5.41, 5.74) is 1.99. The third-order valence-electron chi connectivity index (χ3n) is 2.32. The largest absolute Gasteiger partial charge is 0.379 e. The molecular formula is C12H15N5. The van der Waals surface area contributed by atoms with Crippen LogP contribution in [0.2, 0.25) is 0 Å². The predicted octanol–water partition coefficient (Wildman–Crippen LogP) is 1.83. The molecule has 5 nitrogen and oxygen atoms in total. The van der Waals surface area contributed by atoms with Gasteiger partial charge in [0, 0.05) is 31.2 Å². The summed E-state index contributed by atoms with van der Waals surface area (Å²) in [5.74, 6) is 1.63. The van der Waals surface area contributed by atoms with Crippen molar-refractivity contribution in [3.05, 3.63) is 42.1 Å². The standard InChI is InChI=1S/C12H15N5/c1-9-14-5-4-11(17-9)8-16-10-3-6-15-12(7-10)13-2/h3-7H,8H2,1-2H3,(H2,13,15,16). The van der Waals surface area contributed by atoms with E-state index in [4.69, 9.17) is 0 Å². The molecule has 2 heterocycles. The maximum absolute atomic E-state index is 4.33. The summed E-state index contributed by atoms with van der Waals surface area (Å²) in [6.45, 7) is 2.56. The van der Waals surface area contributed by atoms with Crippen LogP contribution in [-0.4, -0.2) is 22.0 Å². The minimum absolute atomic E-state index is 0.677. The monoisotopic (exact) mass is 229 g/mol. The highest BCUT2D eigenvalue weighted by atomic mass is 15.0. The van der Waals surface area contributed by atoms with E-state index >= 15 is 0 Å². The zero-order valence-electron chi connectivity index (χ0n) is 9.94. The average Bonchev–Trinajstić information content (AvgIpc) is 2.37. The maximum atomic E-state index is 4.33. The Balaban J connectivity index is 2.02. The Morgan fingerprint density at radius 1 is 1.18 bits per heavy atom. The summed E-state index contributed by atoms with van der Waals surface area (Å²) in [6.07, 6.45) is 3.53. The fraction of sp³-hybridized carbons (Fsp3) is 0.250. The molecule has 0 unspecified atom stereocenters. The van der Waals surface area contributed by atoms with Crippen molar-refractivity contribution in [1.82, 2.24) is 15.0 Å². The van der Waals surface area contributed by atoms with Gasteiger partial charge in [-0.15, -0.1) is 0 Å². The summed E-state index contributed by atoms with van der Waals surface area (Å²) in [4.78, 5) is 12.5. The summed E-state index contributed by atoms with van der Waals surface area (Å²) in [7, 11) is 1.85. The number of nitrogens with zero attached hydrogens (tertiary/aromatic N) is 3. The second-order valence-corrected chi connectivity index (χ2v) is 3.63. The van der Waals surface area contributed by atoms with Gasteiger partial charge in [-0.1, -0.05) is 0 Å². The van der Waals surface area contributed by atoms with Gasteiger partial charge in [0.05, 0.1) is 12.2 Å². The third kappa shape index (κ3) is 3.14. The molecule has 0 aliphatic carbocycles. The molecule has 0 fully saturated rings. The van der Waals surface area contributed by atoms with Crippen LogP contribution in [-0.2, 0) is 6.54 Å². The van der Waals surface area contributed by atoms with Crippen LogP contribution in [0.25, 0.3) is 0 Å². The van der Waals surface area contributed by atoms with Crippen molar-refractivity contribution in [3.8, 4) is 0 Å². The molecule has 0 saturated carbocycles. The lowest BCUT2D eigenvalue weighted by Crippen LogP contribution is -2.03. The van der Waals surface area contributed by atoms with E-state index in [0.29, 0.717) is 6.54 Å². The van der Waals surface area contributed by atoms with Gasteiger partial charge < -0.3 is 10.6 Å². The van der Waals surface area contributed by atoms with Gasteiger partial charge in [0.15, 0.2) is 0 Å². The molecule has 0 atom stereocenters. The predicted molar refractivity (Wildman–Crippen MR) is 67.9 cm³/mol. The summed E-state index contributed by atoms with van der Waals surface area (Å²) < 4.78 is 0. The lowest BCUT2D eigenvalue weighted by atomic mass is 10.3. The topological polar surface area (TPSA) is 62.7 Å². The quantitative estimate of drug-likeness (QED) is 0.837. The molecule has 0 aliphatic heterocycles. The summed E-state index contributed by atoms with van der Waals surface area (Å²) in [6, 6.07) is 5.78. The Hall–Kier alpha value is -2.17. The lowest BCUT2D eigenvalue weighted by molar-refractivity contribution is 0.955. The number of hydrogen-bond acceptors (Lipinski definition) is 5. The van der Waals surface area contributed by atoms with E-state index in [9.17, 15) is 0 Å². The van der Waals surface area contributed by atoms with Crippen LogP contribution in [0, 0.1) is 6.92 Å². The molecule has 0 radical (unpaired) electrons. The highest BCUT2D eigenvalue weighted by Crippen LogP contribution is 2.12. The first kappa shape index (κ1) is 11.3. The van der Waals surface area contributed by atoms with Crippen molar-refractivity contribution in [2.75, 3.05) is 17.7 Å².